The first-order valence-electron chi connectivity index (χ1n) is 10.3. The van der Waals surface area contributed by atoms with E-state index in [1.807, 2.05) is 26.8 Å². The minimum Gasteiger partial charge on any atom is -0.242 e. The highest BCUT2D eigenvalue weighted by molar-refractivity contribution is 7.84. The zero-order chi connectivity index (χ0) is 22.0. The summed E-state index contributed by atoms with van der Waals surface area (Å²) < 4.78 is 16.2. The maximum Gasteiger partial charge on any atom is 0.0979 e. The second-order valence-corrected chi connectivity index (χ2v) is 16.4. The highest BCUT2D eigenvalue weighted by atomic mass is 32.2. The van der Waals surface area contributed by atoms with Gasteiger partial charge in [-0.05, 0) is 47.5 Å². The van der Waals surface area contributed by atoms with Crippen molar-refractivity contribution >= 4 is 24.2 Å². The second-order valence-electron chi connectivity index (χ2n) is 10.6. The second kappa shape index (κ2) is 9.00. The number of rotatable bonds is 5. The van der Waals surface area contributed by atoms with Gasteiger partial charge in [0.05, 0.1) is 21.8 Å². The molecule has 0 aliphatic carbocycles. The topological polar surface area (TPSA) is 29.1 Å². The van der Waals surface area contributed by atoms with Gasteiger partial charge in [0.1, 0.15) is 0 Å². The van der Waals surface area contributed by atoms with E-state index in [1.54, 1.807) is 0 Å². The molecular weight excluding hydrogens is 393 g/mol. The van der Waals surface area contributed by atoms with Crippen LogP contribution in [0.2, 0.25) is 0 Å². The Morgan fingerprint density at radius 1 is 0.759 bits per heavy atom. The van der Waals surface area contributed by atoms with Gasteiger partial charge in [0.2, 0.25) is 0 Å². The number of hydrogen-bond donors (Lipinski definition) is 1. The first-order valence-corrected chi connectivity index (χ1v) is 12.8. The molecule has 0 aliphatic heterocycles. The molecule has 29 heavy (non-hydrogen) atoms. The van der Waals surface area contributed by atoms with Gasteiger partial charge in [0, 0.05) is 0 Å². The number of hydrogen-bond acceptors (Lipinski definition) is 1. The number of nitrogens with one attached hydrogen (secondary N) is 1. The van der Waals surface area contributed by atoms with E-state index in [1.165, 1.54) is 10.9 Å². The molecule has 1 unspecified atom stereocenters. The summed E-state index contributed by atoms with van der Waals surface area (Å²) in [4.78, 5) is 0. The third-order valence-electron chi connectivity index (χ3n) is 4.74. The summed E-state index contributed by atoms with van der Waals surface area (Å²) in [5.41, 5.74) is 2.39. The van der Waals surface area contributed by atoms with Crippen molar-refractivity contribution in [2.75, 3.05) is 0 Å². The van der Waals surface area contributed by atoms with E-state index in [4.69, 9.17) is 0 Å². The van der Waals surface area contributed by atoms with Crippen LogP contribution in [0, 0.1) is 0 Å². The quantitative estimate of drug-likeness (QED) is 0.536. The number of benzene rings is 2. The third-order valence-corrected chi connectivity index (χ3v) is 9.88. The molecule has 1 N–H and O–H groups in total. The molecule has 2 aromatic carbocycles. The Balaban J connectivity index is 2.68. The maximum absolute atomic E-state index is 13.1. The summed E-state index contributed by atoms with van der Waals surface area (Å²) in [5.74, 6) is 0. The van der Waals surface area contributed by atoms with Crippen LogP contribution in [0.4, 0.5) is 0 Å². The van der Waals surface area contributed by atoms with Crippen LogP contribution in [0.3, 0.4) is 0 Å². The molecule has 0 aromatic heterocycles. The Morgan fingerprint density at radius 3 is 1.72 bits per heavy atom. The molecule has 0 bridgehead atoms. The van der Waals surface area contributed by atoms with E-state index in [0.29, 0.717) is 0 Å². The summed E-state index contributed by atoms with van der Waals surface area (Å²) in [7, 11) is -1.65. The largest absolute Gasteiger partial charge is 0.242 e. The van der Waals surface area contributed by atoms with Crippen molar-refractivity contribution in [3.63, 3.8) is 0 Å². The predicted octanol–water partition coefficient (Wildman–Crippen LogP) is 6.53. The van der Waals surface area contributed by atoms with Crippen LogP contribution in [-0.4, -0.2) is 19.3 Å². The van der Waals surface area contributed by atoms with Gasteiger partial charge in [-0.25, -0.2) is 8.93 Å². The van der Waals surface area contributed by atoms with E-state index < -0.39 is 18.9 Å². The molecule has 0 saturated heterocycles. The fraction of sp³-hybridized carbons (Fsp3) is 0.520. The summed E-state index contributed by atoms with van der Waals surface area (Å²) in [6, 6.07) is 19.1. The Kier molecular flexibility index (Phi) is 7.53. The molecular formula is C25H38NOPS. The molecule has 4 heteroatoms. The highest BCUT2D eigenvalue weighted by Gasteiger charge is 2.38. The van der Waals surface area contributed by atoms with Crippen LogP contribution >= 0.6 is 7.92 Å². The monoisotopic (exact) mass is 431 g/mol. The van der Waals surface area contributed by atoms with E-state index in [-0.39, 0.29) is 21.1 Å². The van der Waals surface area contributed by atoms with Crippen molar-refractivity contribution in [1.82, 2.24) is 4.72 Å². The summed E-state index contributed by atoms with van der Waals surface area (Å²) in [6.07, 6.45) is 0. The SMILES string of the molecule is CC(C)(C)P(c1ccccc1C(N[S@](=O)C(C)(C)C)c1ccccc1)C(C)(C)C. The smallest absolute Gasteiger partial charge is 0.0979 e. The van der Waals surface area contributed by atoms with E-state index in [0.717, 1.165) is 5.56 Å². The standard InChI is InChI=1S/C25H38NOPS/c1-23(2,3)28(24(4,5)6)21-18-14-13-17-20(21)22(19-15-11-10-12-16-19)26-29(27)25(7,8)9/h10-18,22,26H,1-9H3/t22?,29-/m1/s1. The van der Waals surface area contributed by atoms with Crippen LogP contribution in [0.1, 0.15) is 79.5 Å². The van der Waals surface area contributed by atoms with Gasteiger partial charge >= 0.3 is 0 Å². The maximum atomic E-state index is 13.1. The molecule has 0 saturated carbocycles. The van der Waals surface area contributed by atoms with Crippen LogP contribution < -0.4 is 10.0 Å². The van der Waals surface area contributed by atoms with Gasteiger partial charge in [-0.3, -0.25) is 0 Å². The molecule has 0 spiro atoms. The summed E-state index contributed by atoms with van der Waals surface area (Å²) in [6.45, 7) is 20.1. The van der Waals surface area contributed by atoms with Gasteiger partial charge < -0.3 is 0 Å². The van der Waals surface area contributed by atoms with Crippen molar-refractivity contribution in [2.24, 2.45) is 0 Å². The van der Waals surface area contributed by atoms with E-state index in [9.17, 15) is 4.21 Å². The fourth-order valence-corrected chi connectivity index (χ4v) is 8.89. The molecule has 2 rings (SSSR count). The van der Waals surface area contributed by atoms with Gasteiger partial charge in [-0.15, -0.1) is 0 Å². The molecule has 0 amide bonds. The van der Waals surface area contributed by atoms with Crippen molar-refractivity contribution in [3.05, 3.63) is 65.7 Å². The van der Waals surface area contributed by atoms with Gasteiger partial charge in [0.15, 0.2) is 0 Å². The Hall–Kier alpha value is -1.02. The average molecular weight is 432 g/mol. The van der Waals surface area contributed by atoms with Crippen LogP contribution in [0.5, 0.6) is 0 Å². The molecule has 0 fully saturated rings. The van der Waals surface area contributed by atoms with Crippen LogP contribution in [0.25, 0.3) is 0 Å². The zero-order valence-electron chi connectivity index (χ0n) is 19.5. The van der Waals surface area contributed by atoms with Gasteiger partial charge in [0.25, 0.3) is 0 Å². The summed E-state index contributed by atoms with van der Waals surface area (Å²) in [5, 5.41) is 1.72. The minimum atomic E-state index is -1.17. The van der Waals surface area contributed by atoms with Crippen molar-refractivity contribution in [2.45, 2.75) is 83.4 Å². The lowest BCUT2D eigenvalue weighted by molar-refractivity contribution is 0.624. The van der Waals surface area contributed by atoms with Crippen LogP contribution in [0.15, 0.2) is 54.6 Å². The van der Waals surface area contributed by atoms with Crippen LogP contribution in [-0.2, 0) is 11.0 Å². The molecule has 2 atom stereocenters. The lowest BCUT2D eigenvalue weighted by Crippen LogP contribution is -2.39. The first-order chi connectivity index (χ1) is 13.2. The molecule has 0 radical (unpaired) electrons. The molecule has 0 aliphatic rings. The van der Waals surface area contributed by atoms with Gasteiger partial charge in [-0.2, -0.15) is 0 Å². The predicted molar refractivity (Wildman–Crippen MR) is 132 cm³/mol. The first kappa shape index (κ1) is 24.3. The Labute approximate surface area is 182 Å². The Bertz CT molecular complexity index is 814. The third kappa shape index (κ3) is 6.23. The highest BCUT2D eigenvalue weighted by Crippen LogP contribution is 2.59. The Morgan fingerprint density at radius 2 is 1.24 bits per heavy atom. The zero-order valence-corrected chi connectivity index (χ0v) is 21.2. The molecule has 2 aromatic rings. The molecule has 0 heterocycles. The lowest BCUT2D eigenvalue weighted by Gasteiger charge is -2.43. The fourth-order valence-electron chi connectivity index (χ4n) is 3.90. The van der Waals surface area contributed by atoms with Gasteiger partial charge in [-0.1, -0.05) is 104 Å². The average Bonchev–Trinajstić information content (AvgIpc) is 2.57. The normalized spacial score (nSPS) is 15.4. The summed E-state index contributed by atoms with van der Waals surface area (Å²) >= 11 is 0. The van der Waals surface area contributed by atoms with Crippen molar-refractivity contribution in [3.8, 4) is 0 Å². The van der Waals surface area contributed by atoms with E-state index in [2.05, 4.69) is 94.8 Å². The molecule has 160 valence electrons. The van der Waals surface area contributed by atoms with Crippen molar-refractivity contribution in [1.29, 1.82) is 0 Å². The minimum absolute atomic E-state index is 0.109. The molecule has 2 nitrogen and oxygen atoms in total. The lowest BCUT2D eigenvalue weighted by atomic mass is 10.00. The van der Waals surface area contributed by atoms with Crippen molar-refractivity contribution < 1.29 is 4.21 Å². The van der Waals surface area contributed by atoms with E-state index >= 15 is 0 Å².